The van der Waals surface area contributed by atoms with Gasteiger partial charge in [0.1, 0.15) is 12.4 Å². The molecule has 1 heterocycles. The predicted octanol–water partition coefficient (Wildman–Crippen LogP) is 3.99. The molecule has 25 heavy (non-hydrogen) atoms. The Morgan fingerprint density at radius 2 is 1.88 bits per heavy atom. The second-order valence-electron chi connectivity index (χ2n) is 5.82. The van der Waals surface area contributed by atoms with Crippen LogP contribution in [0.25, 0.3) is 10.9 Å². The SMILES string of the molecule is CCCCOc1ccc2c(OCc3ccccc3)c(O)c(=O)[nH]c2c1. The van der Waals surface area contributed by atoms with E-state index < -0.39 is 11.3 Å². The number of aromatic amines is 1. The van der Waals surface area contributed by atoms with Crippen molar-refractivity contribution in [3.63, 3.8) is 0 Å². The van der Waals surface area contributed by atoms with Crippen LogP contribution in [0.3, 0.4) is 0 Å². The van der Waals surface area contributed by atoms with Gasteiger partial charge in [0.25, 0.3) is 5.56 Å². The van der Waals surface area contributed by atoms with Gasteiger partial charge in [-0.15, -0.1) is 0 Å². The fourth-order valence-electron chi connectivity index (χ4n) is 2.54. The van der Waals surface area contributed by atoms with E-state index in [2.05, 4.69) is 11.9 Å². The van der Waals surface area contributed by atoms with Crippen LogP contribution in [-0.2, 0) is 6.61 Å². The summed E-state index contributed by atoms with van der Waals surface area (Å²) in [7, 11) is 0. The average molecular weight is 339 g/mol. The Labute approximate surface area is 145 Å². The molecule has 0 aliphatic carbocycles. The second kappa shape index (κ2) is 7.75. The van der Waals surface area contributed by atoms with Crippen molar-refractivity contribution >= 4 is 10.9 Å². The number of rotatable bonds is 7. The fourth-order valence-corrected chi connectivity index (χ4v) is 2.54. The van der Waals surface area contributed by atoms with E-state index in [9.17, 15) is 9.90 Å². The van der Waals surface area contributed by atoms with Crippen molar-refractivity contribution in [3.05, 3.63) is 64.4 Å². The summed E-state index contributed by atoms with van der Waals surface area (Å²) in [4.78, 5) is 14.7. The first kappa shape index (κ1) is 16.9. The number of hydrogen-bond donors (Lipinski definition) is 2. The van der Waals surface area contributed by atoms with Crippen molar-refractivity contribution in [1.82, 2.24) is 4.98 Å². The Morgan fingerprint density at radius 1 is 1.08 bits per heavy atom. The molecule has 0 unspecified atom stereocenters. The zero-order valence-electron chi connectivity index (χ0n) is 14.1. The van der Waals surface area contributed by atoms with E-state index in [-0.39, 0.29) is 12.4 Å². The number of pyridine rings is 1. The summed E-state index contributed by atoms with van der Waals surface area (Å²) in [6, 6.07) is 14.9. The van der Waals surface area contributed by atoms with E-state index in [1.807, 2.05) is 36.4 Å². The van der Waals surface area contributed by atoms with Gasteiger partial charge in [-0.05, 0) is 24.1 Å². The number of unbranched alkanes of at least 4 members (excludes halogenated alkanes) is 1. The molecule has 0 saturated carbocycles. The first-order chi connectivity index (χ1) is 12.2. The molecule has 0 aliphatic rings. The molecule has 0 bridgehead atoms. The molecule has 0 atom stereocenters. The molecule has 5 heteroatoms. The van der Waals surface area contributed by atoms with E-state index in [0.29, 0.717) is 23.3 Å². The van der Waals surface area contributed by atoms with E-state index in [1.54, 1.807) is 12.1 Å². The number of ether oxygens (including phenoxy) is 2. The summed E-state index contributed by atoms with van der Waals surface area (Å²) in [5.41, 5.74) is 0.941. The number of H-pyrrole nitrogens is 1. The molecule has 0 fully saturated rings. The second-order valence-corrected chi connectivity index (χ2v) is 5.82. The van der Waals surface area contributed by atoms with Gasteiger partial charge in [0.2, 0.25) is 5.75 Å². The molecule has 5 nitrogen and oxygen atoms in total. The maximum atomic E-state index is 12.0. The minimum Gasteiger partial charge on any atom is -0.500 e. The van der Waals surface area contributed by atoms with Gasteiger partial charge in [0.15, 0.2) is 5.75 Å². The average Bonchev–Trinajstić information content (AvgIpc) is 2.63. The van der Waals surface area contributed by atoms with Gasteiger partial charge in [0, 0.05) is 11.5 Å². The van der Waals surface area contributed by atoms with Crippen LogP contribution in [0.4, 0.5) is 0 Å². The summed E-state index contributed by atoms with van der Waals surface area (Å²) in [6.07, 6.45) is 2.02. The molecule has 1 aromatic heterocycles. The third-order valence-corrected chi connectivity index (χ3v) is 3.91. The lowest BCUT2D eigenvalue weighted by Gasteiger charge is -2.12. The van der Waals surface area contributed by atoms with E-state index >= 15 is 0 Å². The minimum atomic E-state index is -0.582. The zero-order chi connectivity index (χ0) is 17.6. The topological polar surface area (TPSA) is 71.5 Å². The van der Waals surface area contributed by atoms with Crippen LogP contribution in [0.5, 0.6) is 17.2 Å². The number of hydrogen-bond acceptors (Lipinski definition) is 4. The molecule has 2 aromatic carbocycles. The molecule has 0 amide bonds. The normalized spacial score (nSPS) is 10.8. The highest BCUT2D eigenvalue weighted by Crippen LogP contribution is 2.33. The maximum absolute atomic E-state index is 12.0. The van der Waals surface area contributed by atoms with E-state index in [1.165, 1.54) is 0 Å². The molecule has 2 N–H and O–H groups in total. The Balaban J connectivity index is 1.90. The zero-order valence-corrected chi connectivity index (χ0v) is 14.1. The Bertz CT molecular complexity index is 903. The molecule has 0 spiro atoms. The molecule has 130 valence electrons. The van der Waals surface area contributed by atoms with Gasteiger partial charge in [0.05, 0.1) is 12.1 Å². The van der Waals surface area contributed by atoms with Gasteiger partial charge in [-0.25, -0.2) is 0 Å². The van der Waals surface area contributed by atoms with Crippen molar-refractivity contribution in [2.45, 2.75) is 26.4 Å². The van der Waals surface area contributed by atoms with Crippen LogP contribution in [0.1, 0.15) is 25.3 Å². The Morgan fingerprint density at radius 3 is 2.64 bits per heavy atom. The lowest BCUT2D eigenvalue weighted by Crippen LogP contribution is -2.08. The molecular weight excluding hydrogens is 318 g/mol. The lowest BCUT2D eigenvalue weighted by molar-refractivity contribution is 0.291. The number of aromatic nitrogens is 1. The van der Waals surface area contributed by atoms with Gasteiger partial charge >= 0.3 is 0 Å². The van der Waals surface area contributed by atoms with Crippen molar-refractivity contribution in [1.29, 1.82) is 0 Å². The number of nitrogens with one attached hydrogen (secondary N) is 1. The molecule has 3 aromatic rings. The van der Waals surface area contributed by atoms with Crippen LogP contribution in [0.15, 0.2) is 53.3 Å². The molecular formula is C20H21NO4. The Kier molecular flexibility index (Phi) is 5.23. The van der Waals surface area contributed by atoms with E-state index in [0.717, 1.165) is 18.4 Å². The Hall–Kier alpha value is -2.95. The number of aromatic hydroxyl groups is 1. The third kappa shape index (κ3) is 3.94. The quantitative estimate of drug-likeness (QED) is 0.639. The van der Waals surface area contributed by atoms with Crippen molar-refractivity contribution in [3.8, 4) is 17.2 Å². The van der Waals surface area contributed by atoms with Crippen molar-refractivity contribution in [2.24, 2.45) is 0 Å². The summed E-state index contributed by atoms with van der Waals surface area (Å²) in [5, 5.41) is 10.8. The fraction of sp³-hybridized carbons (Fsp3) is 0.250. The summed E-state index contributed by atoms with van der Waals surface area (Å²) in [5.74, 6) is 0.446. The van der Waals surface area contributed by atoms with Gasteiger partial charge in [-0.2, -0.15) is 0 Å². The first-order valence-electron chi connectivity index (χ1n) is 8.37. The van der Waals surface area contributed by atoms with Gasteiger partial charge in [-0.1, -0.05) is 43.7 Å². The highest BCUT2D eigenvalue weighted by molar-refractivity contribution is 5.88. The maximum Gasteiger partial charge on any atom is 0.294 e. The smallest absolute Gasteiger partial charge is 0.294 e. The van der Waals surface area contributed by atoms with Crippen LogP contribution < -0.4 is 15.0 Å². The molecule has 0 radical (unpaired) electrons. The summed E-state index contributed by atoms with van der Waals surface area (Å²) < 4.78 is 11.4. The summed E-state index contributed by atoms with van der Waals surface area (Å²) in [6.45, 7) is 2.99. The first-order valence-corrected chi connectivity index (χ1v) is 8.37. The number of fused-ring (bicyclic) bond motifs is 1. The van der Waals surface area contributed by atoms with Crippen LogP contribution >= 0.6 is 0 Å². The minimum absolute atomic E-state index is 0.183. The largest absolute Gasteiger partial charge is 0.500 e. The monoisotopic (exact) mass is 339 g/mol. The van der Waals surface area contributed by atoms with E-state index in [4.69, 9.17) is 9.47 Å². The lowest BCUT2D eigenvalue weighted by atomic mass is 10.2. The van der Waals surface area contributed by atoms with Crippen LogP contribution in [0, 0.1) is 0 Å². The molecule has 0 aliphatic heterocycles. The highest BCUT2D eigenvalue weighted by Gasteiger charge is 2.14. The van der Waals surface area contributed by atoms with Crippen molar-refractivity contribution < 1.29 is 14.6 Å². The standard InChI is InChI=1S/C20H21NO4/c1-2-3-11-24-15-9-10-16-17(12-15)21-20(23)18(22)19(16)25-13-14-7-5-4-6-8-14/h4-10,12,22H,2-3,11,13H2,1H3,(H,21,23). The number of benzene rings is 2. The summed E-state index contributed by atoms with van der Waals surface area (Å²) >= 11 is 0. The van der Waals surface area contributed by atoms with Gasteiger partial charge in [-0.3, -0.25) is 4.79 Å². The predicted molar refractivity (Wildman–Crippen MR) is 97.4 cm³/mol. The van der Waals surface area contributed by atoms with Gasteiger partial charge < -0.3 is 19.6 Å². The highest BCUT2D eigenvalue weighted by atomic mass is 16.5. The molecule has 0 saturated heterocycles. The van der Waals surface area contributed by atoms with Crippen LogP contribution in [0.2, 0.25) is 0 Å². The third-order valence-electron chi connectivity index (χ3n) is 3.91. The molecule has 3 rings (SSSR count). The van der Waals surface area contributed by atoms with Crippen molar-refractivity contribution in [2.75, 3.05) is 6.61 Å². The van der Waals surface area contributed by atoms with Crippen LogP contribution in [-0.4, -0.2) is 16.7 Å².